The smallest absolute Gasteiger partial charge is 0.269 e. The number of piperidine rings is 1. The van der Waals surface area contributed by atoms with E-state index >= 15 is 0 Å². The molecule has 0 radical (unpaired) electrons. The number of amides is 1. The Labute approximate surface area is 134 Å². The molecular weight excluding hydrogens is 296 g/mol. The zero-order valence-corrected chi connectivity index (χ0v) is 12.9. The van der Waals surface area contributed by atoms with Gasteiger partial charge in [-0.2, -0.15) is 5.26 Å². The minimum absolute atomic E-state index is 0.0258. The van der Waals surface area contributed by atoms with Crippen LogP contribution in [0.2, 0.25) is 0 Å². The summed E-state index contributed by atoms with van der Waals surface area (Å²) in [5.74, 6) is 0.152. The van der Waals surface area contributed by atoms with Crippen molar-refractivity contribution in [1.82, 2.24) is 4.90 Å². The minimum Gasteiger partial charge on any atom is -0.376 e. The van der Waals surface area contributed by atoms with Gasteiger partial charge in [0.25, 0.3) is 11.6 Å². The zero-order chi connectivity index (χ0) is 16.8. The van der Waals surface area contributed by atoms with Crippen molar-refractivity contribution in [2.75, 3.05) is 18.4 Å². The summed E-state index contributed by atoms with van der Waals surface area (Å²) in [6.45, 7) is 3.85. The van der Waals surface area contributed by atoms with Gasteiger partial charge in [0.15, 0.2) is 0 Å². The molecule has 1 amide bonds. The summed E-state index contributed by atoms with van der Waals surface area (Å²) < 4.78 is 0. The number of anilines is 1. The van der Waals surface area contributed by atoms with Gasteiger partial charge in [0, 0.05) is 37.1 Å². The summed E-state index contributed by atoms with van der Waals surface area (Å²) in [6.07, 6.45) is 3.67. The van der Waals surface area contributed by atoms with Gasteiger partial charge in [0.1, 0.15) is 11.6 Å². The second-order valence-electron chi connectivity index (χ2n) is 5.63. The molecule has 0 spiro atoms. The second-order valence-corrected chi connectivity index (χ2v) is 5.63. The highest BCUT2D eigenvalue weighted by atomic mass is 16.6. The van der Waals surface area contributed by atoms with Crippen LogP contribution in [0, 0.1) is 27.4 Å². The third-order valence-electron chi connectivity index (χ3n) is 3.83. The highest BCUT2D eigenvalue weighted by Crippen LogP contribution is 2.18. The molecule has 1 saturated heterocycles. The third-order valence-corrected chi connectivity index (χ3v) is 3.83. The summed E-state index contributed by atoms with van der Waals surface area (Å²) in [5, 5.41) is 22.4. The maximum absolute atomic E-state index is 12.1. The predicted octanol–water partition coefficient (Wildman–Crippen LogP) is 2.67. The number of carbonyl (C=O) groups excluding carboxylic acids is 1. The van der Waals surface area contributed by atoms with Crippen LogP contribution in [-0.4, -0.2) is 28.8 Å². The Morgan fingerprint density at radius 3 is 2.52 bits per heavy atom. The Kier molecular flexibility index (Phi) is 5.31. The Morgan fingerprint density at radius 2 is 2.00 bits per heavy atom. The number of nitriles is 1. The van der Waals surface area contributed by atoms with Crippen LogP contribution in [0.1, 0.15) is 19.8 Å². The van der Waals surface area contributed by atoms with Crippen molar-refractivity contribution >= 4 is 17.3 Å². The van der Waals surface area contributed by atoms with Gasteiger partial charge in [-0.1, -0.05) is 6.92 Å². The summed E-state index contributed by atoms with van der Waals surface area (Å²) in [4.78, 5) is 24.2. The lowest BCUT2D eigenvalue weighted by molar-refractivity contribution is -0.384. The Balaban J connectivity index is 2.02. The van der Waals surface area contributed by atoms with Crippen molar-refractivity contribution in [2.24, 2.45) is 5.92 Å². The molecule has 0 bridgehead atoms. The molecule has 0 aliphatic carbocycles. The van der Waals surface area contributed by atoms with Gasteiger partial charge in [-0.3, -0.25) is 14.9 Å². The number of nitro benzene ring substituents is 1. The highest BCUT2D eigenvalue weighted by Gasteiger charge is 2.16. The lowest BCUT2D eigenvalue weighted by Gasteiger charge is -2.29. The number of hydrogen-bond donors (Lipinski definition) is 1. The molecule has 0 unspecified atom stereocenters. The number of nitrogens with one attached hydrogen (secondary N) is 1. The zero-order valence-electron chi connectivity index (χ0n) is 12.9. The first-order valence-electron chi connectivity index (χ1n) is 7.41. The van der Waals surface area contributed by atoms with E-state index in [4.69, 9.17) is 0 Å². The fourth-order valence-corrected chi connectivity index (χ4v) is 2.34. The quantitative estimate of drug-likeness (QED) is 0.398. The van der Waals surface area contributed by atoms with Crippen molar-refractivity contribution in [3.63, 3.8) is 0 Å². The van der Waals surface area contributed by atoms with Gasteiger partial charge in [-0.15, -0.1) is 0 Å². The number of carbonyl (C=O) groups is 1. The normalized spacial score (nSPS) is 15.8. The van der Waals surface area contributed by atoms with Crippen molar-refractivity contribution < 1.29 is 9.72 Å². The SMILES string of the molecule is CC1CCN(/C=C(/C#N)C(=O)Nc2ccc([N+](=O)[O-])cc2)CC1. The molecule has 1 aromatic carbocycles. The molecule has 0 saturated carbocycles. The molecule has 7 heteroatoms. The Morgan fingerprint density at radius 1 is 1.39 bits per heavy atom. The number of non-ortho nitro benzene ring substituents is 1. The summed E-state index contributed by atoms with van der Waals surface area (Å²) >= 11 is 0. The molecule has 1 N–H and O–H groups in total. The van der Waals surface area contributed by atoms with Crippen LogP contribution in [0.4, 0.5) is 11.4 Å². The molecule has 1 aromatic rings. The van der Waals surface area contributed by atoms with Crippen LogP contribution in [0.25, 0.3) is 0 Å². The van der Waals surface area contributed by atoms with Crippen molar-refractivity contribution in [1.29, 1.82) is 5.26 Å². The Hall–Kier alpha value is -2.88. The number of rotatable bonds is 4. The van der Waals surface area contributed by atoms with Crippen molar-refractivity contribution in [3.8, 4) is 6.07 Å². The first-order chi connectivity index (χ1) is 11.0. The minimum atomic E-state index is -0.514. The number of hydrogen-bond acceptors (Lipinski definition) is 5. The molecule has 1 aliphatic rings. The second kappa shape index (κ2) is 7.40. The molecule has 1 fully saturated rings. The summed E-state index contributed by atoms with van der Waals surface area (Å²) in [5.41, 5.74) is 0.383. The van der Waals surface area contributed by atoms with E-state index in [0.29, 0.717) is 11.6 Å². The molecule has 120 valence electrons. The van der Waals surface area contributed by atoms with Crippen molar-refractivity contribution in [3.05, 3.63) is 46.2 Å². The average Bonchev–Trinajstić information content (AvgIpc) is 2.54. The van der Waals surface area contributed by atoms with Crippen LogP contribution in [0.3, 0.4) is 0 Å². The van der Waals surface area contributed by atoms with Crippen LogP contribution in [0.15, 0.2) is 36.0 Å². The molecule has 23 heavy (non-hydrogen) atoms. The van der Waals surface area contributed by atoms with E-state index in [1.165, 1.54) is 24.3 Å². The fraction of sp³-hybridized carbons (Fsp3) is 0.375. The van der Waals surface area contributed by atoms with Crippen LogP contribution in [-0.2, 0) is 4.79 Å². The molecular formula is C16H18N4O3. The number of benzene rings is 1. The van der Waals surface area contributed by atoms with E-state index in [-0.39, 0.29) is 11.3 Å². The van der Waals surface area contributed by atoms with E-state index in [0.717, 1.165) is 25.9 Å². The average molecular weight is 314 g/mol. The summed E-state index contributed by atoms with van der Waals surface area (Å²) in [7, 11) is 0. The third kappa shape index (κ3) is 4.54. The largest absolute Gasteiger partial charge is 0.376 e. The first-order valence-corrected chi connectivity index (χ1v) is 7.41. The van der Waals surface area contributed by atoms with Crippen molar-refractivity contribution in [2.45, 2.75) is 19.8 Å². The van der Waals surface area contributed by atoms with Gasteiger partial charge in [-0.05, 0) is 30.9 Å². The van der Waals surface area contributed by atoms with Crippen LogP contribution >= 0.6 is 0 Å². The first kappa shape index (κ1) is 16.5. The van der Waals surface area contributed by atoms with Crippen LogP contribution < -0.4 is 5.32 Å². The van der Waals surface area contributed by atoms with E-state index in [1.807, 2.05) is 11.0 Å². The molecule has 0 aromatic heterocycles. The van der Waals surface area contributed by atoms with Gasteiger partial charge >= 0.3 is 0 Å². The standard InChI is InChI=1S/C16H18N4O3/c1-12-6-8-19(9-7-12)11-13(10-17)16(21)18-14-2-4-15(5-3-14)20(22)23/h2-5,11-12H,6-9H2,1H3,(H,18,21)/b13-11-. The summed E-state index contributed by atoms with van der Waals surface area (Å²) in [6, 6.07) is 7.39. The fourth-order valence-electron chi connectivity index (χ4n) is 2.34. The molecule has 1 heterocycles. The molecule has 2 rings (SSSR count). The number of nitrogens with zero attached hydrogens (tertiary/aromatic N) is 3. The topological polar surface area (TPSA) is 99.3 Å². The Bertz CT molecular complexity index is 653. The monoisotopic (exact) mass is 314 g/mol. The van der Waals surface area contributed by atoms with Gasteiger partial charge in [0.2, 0.25) is 0 Å². The van der Waals surface area contributed by atoms with Gasteiger partial charge in [-0.25, -0.2) is 0 Å². The molecule has 0 atom stereocenters. The van der Waals surface area contributed by atoms with E-state index in [9.17, 15) is 20.2 Å². The van der Waals surface area contributed by atoms with Crippen LogP contribution in [0.5, 0.6) is 0 Å². The van der Waals surface area contributed by atoms with E-state index < -0.39 is 10.8 Å². The lowest BCUT2D eigenvalue weighted by atomic mass is 9.99. The van der Waals surface area contributed by atoms with Gasteiger partial charge in [0.05, 0.1) is 4.92 Å². The number of likely N-dealkylation sites (tertiary alicyclic amines) is 1. The maximum Gasteiger partial charge on any atom is 0.269 e. The molecule has 1 aliphatic heterocycles. The van der Waals surface area contributed by atoms with E-state index in [2.05, 4.69) is 12.2 Å². The van der Waals surface area contributed by atoms with Gasteiger partial charge < -0.3 is 10.2 Å². The maximum atomic E-state index is 12.1. The highest BCUT2D eigenvalue weighted by molar-refractivity contribution is 6.06. The van der Waals surface area contributed by atoms with E-state index in [1.54, 1.807) is 6.20 Å². The number of nitro groups is 1. The predicted molar refractivity (Wildman–Crippen MR) is 85.4 cm³/mol. The molecule has 7 nitrogen and oxygen atoms in total. The lowest BCUT2D eigenvalue weighted by Crippen LogP contribution is -2.29.